The first-order valence-corrected chi connectivity index (χ1v) is 2.38. The summed E-state index contributed by atoms with van der Waals surface area (Å²) in [5.41, 5.74) is 0. The molecule has 0 heterocycles. The minimum atomic E-state index is 0.202. The van der Waals surface area contributed by atoms with Crippen LogP contribution in [0.2, 0.25) is 0 Å². The van der Waals surface area contributed by atoms with Crippen molar-refractivity contribution in [3.05, 3.63) is 17.6 Å². The van der Waals surface area contributed by atoms with E-state index < -0.39 is 0 Å². The molecule has 0 bridgehead atoms. The molecule has 0 aromatic carbocycles. The third kappa shape index (κ3) is 3.33. The Morgan fingerprint density at radius 3 is 3.00 bits per heavy atom. The normalized spacial score (nSPS) is 12.1. The van der Waals surface area contributed by atoms with Crippen LogP contribution in [0.1, 0.15) is 6.92 Å². The number of nitrogens with zero attached hydrogens (tertiary/aromatic N) is 1. The minimum absolute atomic E-state index is 0.202. The highest BCUT2D eigenvalue weighted by atomic mass is 16.7. The fourth-order valence-corrected chi connectivity index (χ4v) is 0.216. The molecule has 1 unspecified atom stereocenters. The van der Waals surface area contributed by atoms with Gasteiger partial charge in [-0.15, -0.1) is 11.5 Å². The molecule has 0 saturated carbocycles. The lowest BCUT2D eigenvalue weighted by molar-refractivity contribution is 0.121. The van der Waals surface area contributed by atoms with E-state index in [9.17, 15) is 4.91 Å². The van der Waals surface area contributed by atoms with Gasteiger partial charge in [0, 0.05) is 5.92 Å². The molecule has 8 heavy (non-hydrogen) atoms. The average Bonchev–Trinajstić information content (AvgIpc) is 1.83. The lowest BCUT2D eigenvalue weighted by Gasteiger charge is -1.98. The fraction of sp³-hybridized carbons (Fsp3) is 0.600. The van der Waals surface area contributed by atoms with Crippen molar-refractivity contribution in [1.29, 1.82) is 0 Å². The van der Waals surface area contributed by atoms with Crippen molar-refractivity contribution in [2.75, 3.05) is 6.61 Å². The van der Waals surface area contributed by atoms with E-state index in [4.69, 9.17) is 0 Å². The van der Waals surface area contributed by atoms with Crippen LogP contribution in [0.4, 0.5) is 0 Å². The van der Waals surface area contributed by atoms with Gasteiger partial charge in [0.15, 0.2) is 5.34 Å². The molecule has 1 atom stereocenters. The Labute approximate surface area is 48.3 Å². The van der Waals surface area contributed by atoms with E-state index in [-0.39, 0.29) is 5.92 Å². The van der Waals surface area contributed by atoms with Crippen molar-refractivity contribution >= 4 is 0 Å². The van der Waals surface area contributed by atoms with Gasteiger partial charge in [-0.3, -0.25) is 0 Å². The van der Waals surface area contributed by atoms with Gasteiger partial charge >= 0.3 is 0 Å². The van der Waals surface area contributed by atoms with Gasteiger partial charge < -0.3 is 4.84 Å². The van der Waals surface area contributed by atoms with Crippen LogP contribution < -0.4 is 0 Å². The Kier molecular flexibility index (Phi) is 3.84. The van der Waals surface area contributed by atoms with E-state index >= 15 is 0 Å². The van der Waals surface area contributed by atoms with Gasteiger partial charge in [-0.1, -0.05) is 13.0 Å². The van der Waals surface area contributed by atoms with E-state index in [2.05, 4.69) is 16.8 Å². The first kappa shape index (κ1) is 7.14. The molecule has 0 fully saturated rings. The molecule has 0 spiro atoms. The summed E-state index contributed by atoms with van der Waals surface area (Å²) in [6.07, 6.45) is 1.70. The second-order valence-corrected chi connectivity index (χ2v) is 1.58. The smallest absolute Gasteiger partial charge is 0.155 e. The highest BCUT2D eigenvalue weighted by molar-refractivity contribution is 4.73. The standard InChI is InChI=1S/C5H9NO2/c1-3-5(2)4-8-6-7/h3,5H,1,4H2,2H3. The molecule has 46 valence electrons. The van der Waals surface area contributed by atoms with Crippen LogP contribution in [-0.4, -0.2) is 6.61 Å². The van der Waals surface area contributed by atoms with E-state index in [0.29, 0.717) is 6.61 Å². The monoisotopic (exact) mass is 115 g/mol. The molecule has 0 aliphatic rings. The summed E-state index contributed by atoms with van der Waals surface area (Å²) < 4.78 is 0. The van der Waals surface area contributed by atoms with E-state index in [0.717, 1.165) is 0 Å². The Morgan fingerprint density at radius 2 is 2.62 bits per heavy atom. The highest BCUT2D eigenvalue weighted by Gasteiger charge is 1.93. The third-order valence-corrected chi connectivity index (χ3v) is 0.793. The molecule has 0 N–H and O–H groups in total. The lowest BCUT2D eigenvalue weighted by atomic mass is 10.2. The molecular weight excluding hydrogens is 106 g/mol. The van der Waals surface area contributed by atoms with E-state index in [1.807, 2.05) is 6.92 Å². The maximum atomic E-state index is 9.32. The van der Waals surface area contributed by atoms with Gasteiger partial charge in [0.25, 0.3) is 0 Å². The quantitative estimate of drug-likeness (QED) is 0.316. The average molecular weight is 115 g/mol. The molecule has 0 radical (unpaired) electrons. The zero-order valence-corrected chi connectivity index (χ0v) is 4.83. The Balaban J connectivity index is 3.09. The summed E-state index contributed by atoms with van der Waals surface area (Å²) in [7, 11) is 0. The number of rotatable bonds is 4. The number of hydrogen-bond acceptors (Lipinski definition) is 3. The molecule has 0 aromatic rings. The zero-order valence-electron chi connectivity index (χ0n) is 4.83. The lowest BCUT2D eigenvalue weighted by Crippen LogP contribution is -1.97. The summed E-state index contributed by atoms with van der Waals surface area (Å²) in [4.78, 5) is 13.5. The number of hydrogen-bond donors (Lipinski definition) is 0. The van der Waals surface area contributed by atoms with Crippen LogP contribution in [0.5, 0.6) is 0 Å². The molecule has 0 aromatic heterocycles. The van der Waals surface area contributed by atoms with Crippen LogP contribution in [0.3, 0.4) is 0 Å². The van der Waals surface area contributed by atoms with Crippen LogP contribution in [0, 0.1) is 10.8 Å². The second-order valence-electron chi connectivity index (χ2n) is 1.58. The predicted molar refractivity (Wildman–Crippen MR) is 31.1 cm³/mol. The molecule has 0 saturated heterocycles. The first-order valence-electron chi connectivity index (χ1n) is 2.38. The first-order chi connectivity index (χ1) is 3.81. The molecule has 0 rings (SSSR count). The van der Waals surface area contributed by atoms with Gasteiger partial charge in [-0.2, -0.15) is 0 Å². The van der Waals surface area contributed by atoms with Gasteiger partial charge in [0.2, 0.25) is 0 Å². The van der Waals surface area contributed by atoms with Crippen molar-refractivity contribution in [3.8, 4) is 0 Å². The molecule has 0 aliphatic heterocycles. The minimum Gasteiger partial charge on any atom is -0.363 e. The highest BCUT2D eigenvalue weighted by Crippen LogP contribution is 1.94. The summed E-state index contributed by atoms with van der Waals surface area (Å²) in [5, 5.41) is 2.23. The van der Waals surface area contributed by atoms with Gasteiger partial charge in [0.05, 0.1) is 0 Å². The van der Waals surface area contributed by atoms with Crippen molar-refractivity contribution < 1.29 is 4.84 Å². The van der Waals surface area contributed by atoms with Crippen molar-refractivity contribution in [3.63, 3.8) is 0 Å². The van der Waals surface area contributed by atoms with Gasteiger partial charge in [0.1, 0.15) is 6.61 Å². The van der Waals surface area contributed by atoms with E-state index in [1.165, 1.54) is 0 Å². The maximum Gasteiger partial charge on any atom is 0.155 e. The van der Waals surface area contributed by atoms with Gasteiger partial charge in [-0.25, -0.2) is 0 Å². The summed E-state index contributed by atoms with van der Waals surface area (Å²) in [6, 6.07) is 0. The Hall–Kier alpha value is -0.860. The molecule has 3 nitrogen and oxygen atoms in total. The predicted octanol–water partition coefficient (Wildman–Crippen LogP) is 1.51. The van der Waals surface area contributed by atoms with Crippen LogP contribution in [0.15, 0.2) is 18.0 Å². The van der Waals surface area contributed by atoms with Crippen molar-refractivity contribution in [2.45, 2.75) is 6.92 Å². The SMILES string of the molecule is C=CC(C)CON=O. The second kappa shape index (κ2) is 4.30. The third-order valence-electron chi connectivity index (χ3n) is 0.793. The molecule has 0 aliphatic carbocycles. The van der Waals surface area contributed by atoms with Crippen LogP contribution in [0.25, 0.3) is 0 Å². The zero-order chi connectivity index (χ0) is 6.41. The van der Waals surface area contributed by atoms with E-state index in [1.54, 1.807) is 6.08 Å². The molecule has 3 heteroatoms. The summed E-state index contributed by atoms with van der Waals surface area (Å²) in [5.74, 6) is 0.202. The summed E-state index contributed by atoms with van der Waals surface area (Å²) in [6.45, 7) is 5.70. The fourth-order valence-electron chi connectivity index (χ4n) is 0.216. The Bertz CT molecular complexity index is 82.5. The van der Waals surface area contributed by atoms with Crippen molar-refractivity contribution in [2.24, 2.45) is 11.3 Å². The summed E-state index contributed by atoms with van der Waals surface area (Å²) >= 11 is 0. The molecule has 0 amide bonds. The van der Waals surface area contributed by atoms with Crippen LogP contribution in [-0.2, 0) is 4.84 Å². The topological polar surface area (TPSA) is 38.7 Å². The Morgan fingerprint density at radius 1 is 2.00 bits per heavy atom. The largest absolute Gasteiger partial charge is 0.363 e. The van der Waals surface area contributed by atoms with Gasteiger partial charge in [-0.05, 0) is 0 Å². The molecular formula is C5H9NO2. The van der Waals surface area contributed by atoms with Crippen molar-refractivity contribution in [1.82, 2.24) is 0 Å². The maximum absolute atomic E-state index is 9.32. The van der Waals surface area contributed by atoms with Crippen LogP contribution >= 0.6 is 0 Å².